The summed E-state index contributed by atoms with van der Waals surface area (Å²) in [5.41, 5.74) is 0. The van der Waals surface area contributed by atoms with Crippen molar-refractivity contribution in [3.63, 3.8) is 0 Å². The second kappa shape index (κ2) is 7.47. The molecule has 92 valence electrons. The van der Waals surface area contributed by atoms with Gasteiger partial charge in [-0.05, 0) is 32.4 Å². The third-order valence-electron chi connectivity index (χ3n) is 2.62. The van der Waals surface area contributed by atoms with Crippen molar-refractivity contribution in [2.24, 2.45) is 0 Å². The fourth-order valence-corrected chi connectivity index (χ4v) is 1.66. The molecule has 0 aliphatic rings. The van der Waals surface area contributed by atoms with Crippen molar-refractivity contribution in [1.29, 1.82) is 0 Å². The van der Waals surface area contributed by atoms with Gasteiger partial charge in [0, 0.05) is 6.54 Å². The molecule has 0 saturated heterocycles. The monoisotopic (exact) mass is 225 g/mol. The smallest absolute Gasteiger partial charge is 0.120 e. The normalized spacial score (nSPS) is 14.9. The topological polar surface area (TPSA) is 34.4 Å². The average Bonchev–Trinajstić information content (AvgIpc) is 2.78. The molecule has 0 bridgehead atoms. The van der Waals surface area contributed by atoms with Crippen LogP contribution in [-0.2, 0) is 4.74 Å². The molecule has 2 unspecified atom stereocenters. The Morgan fingerprint density at radius 2 is 2.25 bits per heavy atom. The first kappa shape index (κ1) is 13.3. The molecule has 0 amide bonds. The number of ether oxygens (including phenoxy) is 1. The van der Waals surface area contributed by atoms with Crippen LogP contribution in [0.15, 0.2) is 22.8 Å². The van der Waals surface area contributed by atoms with Crippen molar-refractivity contribution in [1.82, 2.24) is 5.32 Å². The molecule has 0 aromatic carbocycles. The van der Waals surface area contributed by atoms with Crippen LogP contribution in [0, 0.1) is 0 Å². The number of hydrogen-bond donors (Lipinski definition) is 1. The van der Waals surface area contributed by atoms with E-state index in [4.69, 9.17) is 9.15 Å². The third-order valence-corrected chi connectivity index (χ3v) is 2.62. The first-order valence-electron chi connectivity index (χ1n) is 6.12. The summed E-state index contributed by atoms with van der Waals surface area (Å²) >= 11 is 0. The van der Waals surface area contributed by atoms with Gasteiger partial charge in [-0.2, -0.15) is 0 Å². The zero-order valence-corrected chi connectivity index (χ0v) is 10.5. The Labute approximate surface area is 98.2 Å². The standard InChI is InChI=1S/C13H23NO2/c1-4-6-11(2)15-10-8-14-12(3)13-7-5-9-16-13/h5,7,9,11-12,14H,4,6,8,10H2,1-3H3. The van der Waals surface area contributed by atoms with E-state index < -0.39 is 0 Å². The zero-order valence-electron chi connectivity index (χ0n) is 10.5. The van der Waals surface area contributed by atoms with Crippen molar-refractivity contribution < 1.29 is 9.15 Å². The molecule has 0 aliphatic carbocycles. The van der Waals surface area contributed by atoms with Gasteiger partial charge in [-0.1, -0.05) is 13.3 Å². The van der Waals surface area contributed by atoms with E-state index in [0.29, 0.717) is 6.10 Å². The van der Waals surface area contributed by atoms with Crippen LogP contribution in [0.5, 0.6) is 0 Å². The van der Waals surface area contributed by atoms with Crippen LogP contribution >= 0.6 is 0 Å². The molecule has 1 rings (SSSR count). The molecule has 0 spiro atoms. The number of hydrogen-bond acceptors (Lipinski definition) is 3. The van der Waals surface area contributed by atoms with Crippen LogP contribution in [0.4, 0.5) is 0 Å². The summed E-state index contributed by atoms with van der Waals surface area (Å²) in [5, 5.41) is 3.36. The molecule has 16 heavy (non-hydrogen) atoms. The van der Waals surface area contributed by atoms with Gasteiger partial charge in [0.15, 0.2) is 0 Å². The van der Waals surface area contributed by atoms with Gasteiger partial charge in [0.25, 0.3) is 0 Å². The van der Waals surface area contributed by atoms with E-state index in [1.807, 2.05) is 12.1 Å². The summed E-state index contributed by atoms with van der Waals surface area (Å²) in [6.07, 6.45) is 4.38. The summed E-state index contributed by atoms with van der Waals surface area (Å²) in [4.78, 5) is 0. The highest BCUT2D eigenvalue weighted by Gasteiger charge is 2.06. The van der Waals surface area contributed by atoms with Crippen molar-refractivity contribution >= 4 is 0 Å². The van der Waals surface area contributed by atoms with Crippen molar-refractivity contribution in [2.45, 2.75) is 45.8 Å². The molecule has 0 saturated carbocycles. The SMILES string of the molecule is CCCC(C)OCCNC(C)c1ccco1. The summed E-state index contributed by atoms with van der Waals surface area (Å²) < 4.78 is 11.0. The molecule has 0 fully saturated rings. The Hall–Kier alpha value is -0.800. The quantitative estimate of drug-likeness (QED) is 0.690. The lowest BCUT2D eigenvalue weighted by molar-refractivity contribution is 0.0604. The van der Waals surface area contributed by atoms with Crippen LogP contribution in [0.2, 0.25) is 0 Å². The Morgan fingerprint density at radius 3 is 2.88 bits per heavy atom. The van der Waals surface area contributed by atoms with Gasteiger partial charge in [-0.15, -0.1) is 0 Å². The van der Waals surface area contributed by atoms with E-state index >= 15 is 0 Å². The summed E-state index contributed by atoms with van der Waals surface area (Å²) in [6.45, 7) is 8.01. The molecular weight excluding hydrogens is 202 g/mol. The lowest BCUT2D eigenvalue weighted by atomic mass is 10.2. The van der Waals surface area contributed by atoms with Crippen LogP contribution in [0.25, 0.3) is 0 Å². The predicted molar refractivity (Wildman–Crippen MR) is 65.4 cm³/mol. The minimum Gasteiger partial charge on any atom is -0.468 e. The Kier molecular flexibility index (Phi) is 6.19. The fraction of sp³-hybridized carbons (Fsp3) is 0.692. The molecule has 0 aliphatic heterocycles. The Balaban J connectivity index is 2.07. The minimum absolute atomic E-state index is 0.250. The molecule has 3 nitrogen and oxygen atoms in total. The molecule has 1 heterocycles. The molecule has 1 aromatic heterocycles. The second-order valence-corrected chi connectivity index (χ2v) is 4.16. The largest absolute Gasteiger partial charge is 0.468 e. The van der Waals surface area contributed by atoms with E-state index in [1.165, 1.54) is 6.42 Å². The van der Waals surface area contributed by atoms with Gasteiger partial charge in [0.05, 0.1) is 25.0 Å². The van der Waals surface area contributed by atoms with E-state index in [1.54, 1.807) is 6.26 Å². The molecular formula is C13H23NO2. The fourth-order valence-electron chi connectivity index (χ4n) is 1.66. The van der Waals surface area contributed by atoms with Crippen LogP contribution < -0.4 is 5.32 Å². The highest BCUT2D eigenvalue weighted by molar-refractivity contribution is 5.02. The van der Waals surface area contributed by atoms with Crippen LogP contribution in [0.3, 0.4) is 0 Å². The summed E-state index contributed by atoms with van der Waals surface area (Å²) in [7, 11) is 0. The average molecular weight is 225 g/mol. The van der Waals surface area contributed by atoms with Gasteiger partial charge in [0.1, 0.15) is 5.76 Å². The maximum absolute atomic E-state index is 5.66. The van der Waals surface area contributed by atoms with Crippen LogP contribution in [-0.4, -0.2) is 19.3 Å². The highest BCUT2D eigenvalue weighted by atomic mass is 16.5. The van der Waals surface area contributed by atoms with Crippen molar-refractivity contribution in [2.75, 3.05) is 13.2 Å². The van der Waals surface area contributed by atoms with E-state index in [2.05, 4.69) is 26.1 Å². The minimum atomic E-state index is 0.250. The lowest BCUT2D eigenvalue weighted by Gasteiger charge is -2.14. The van der Waals surface area contributed by atoms with E-state index in [-0.39, 0.29) is 6.04 Å². The van der Waals surface area contributed by atoms with Gasteiger partial charge in [-0.25, -0.2) is 0 Å². The molecule has 2 atom stereocenters. The lowest BCUT2D eigenvalue weighted by Crippen LogP contribution is -2.24. The maximum atomic E-state index is 5.66. The zero-order chi connectivity index (χ0) is 11.8. The van der Waals surface area contributed by atoms with Gasteiger partial charge in [0.2, 0.25) is 0 Å². The second-order valence-electron chi connectivity index (χ2n) is 4.16. The third kappa shape index (κ3) is 4.81. The molecule has 3 heteroatoms. The summed E-state index contributed by atoms with van der Waals surface area (Å²) in [6, 6.07) is 4.14. The van der Waals surface area contributed by atoms with Gasteiger partial charge >= 0.3 is 0 Å². The first-order valence-corrected chi connectivity index (χ1v) is 6.12. The first-order chi connectivity index (χ1) is 7.74. The van der Waals surface area contributed by atoms with E-state index in [0.717, 1.165) is 25.3 Å². The predicted octanol–water partition coefficient (Wildman–Crippen LogP) is 3.14. The van der Waals surface area contributed by atoms with Crippen molar-refractivity contribution in [3.05, 3.63) is 24.2 Å². The van der Waals surface area contributed by atoms with Gasteiger partial charge < -0.3 is 14.5 Å². The Morgan fingerprint density at radius 1 is 1.44 bits per heavy atom. The van der Waals surface area contributed by atoms with Crippen LogP contribution in [0.1, 0.15) is 45.4 Å². The van der Waals surface area contributed by atoms with Gasteiger partial charge in [-0.3, -0.25) is 0 Å². The number of furan rings is 1. The Bertz CT molecular complexity index is 259. The molecule has 1 N–H and O–H groups in total. The van der Waals surface area contributed by atoms with Crippen molar-refractivity contribution in [3.8, 4) is 0 Å². The number of nitrogens with one attached hydrogen (secondary N) is 1. The maximum Gasteiger partial charge on any atom is 0.120 e. The van der Waals surface area contributed by atoms with E-state index in [9.17, 15) is 0 Å². The summed E-state index contributed by atoms with van der Waals surface area (Å²) in [5.74, 6) is 0.974. The highest BCUT2D eigenvalue weighted by Crippen LogP contribution is 2.11. The molecule has 1 aromatic rings. The number of rotatable bonds is 8. The molecule has 0 radical (unpaired) electrons.